The molecular weight excluding hydrogens is 581 g/mol. The molecule has 244 valence electrons. The van der Waals surface area contributed by atoms with E-state index in [4.69, 9.17) is 9.47 Å². The van der Waals surface area contributed by atoms with E-state index in [9.17, 15) is 18.0 Å². The lowest BCUT2D eigenvalue weighted by atomic mass is 9.86. The van der Waals surface area contributed by atoms with Crippen molar-refractivity contribution >= 4 is 12.0 Å². The van der Waals surface area contributed by atoms with Crippen LogP contribution < -0.4 is 9.64 Å². The maximum absolute atomic E-state index is 13.8. The highest BCUT2D eigenvalue weighted by atomic mass is 19.4. The third kappa shape index (κ3) is 7.31. The summed E-state index contributed by atoms with van der Waals surface area (Å²) in [6.07, 6.45) is 8.36. The van der Waals surface area contributed by atoms with Crippen LogP contribution in [0.1, 0.15) is 83.4 Å². The zero-order valence-electron chi connectivity index (χ0n) is 27.1. The molecular formula is C35H45F3N4O3. The summed E-state index contributed by atoms with van der Waals surface area (Å²) in [6, 6.07) is 3.97. The summed E-state index contributed by atoms with van der Waals surface area (Å²) < 4.78 is 53.1. The number of carbonyl (C=O) groups is 1. The lowest BCUT2D eigenvalue weighted by Crippen LogP contribution is -2.59. The predicted octanol–water partition coefficient (Wildman–Crippen LogP) is 8.28. The fourth-order valence-corrected chi connectivity index (χ4v) is 7.00. The van der Waals surface area contributed by atoms with E-state index >= 15 is 0 Å². The van der Waals surface area contributed by atoms with Crippen molar-refractivity contribution in [3.05, 3.63) is 71.1 Å². The van der Waals surface area contributed by atoms with Crippen molar-refractivity contribution in [2.75, 3.05) is 11.5 Å². The third-order valence-corrected chi connectivity index (χ3v) is 9.50. The van der Waals surface area contributed by atoms with Gasteiger partial charge in [0.2, 0.25) is 5.95 Å². The average molecular weight is 627 g/mol. The molecule has 2 unspecified atom stereocenters. The number of benzene rings is 1. The number of carbonyl (C=O) groups excluding carboxylic acids is 1. The first kappa shape index (κ1) is 32.8. The maximum atomic E-state index is 13.8. The highest BCUT2D eigenvalue weighted by Crippen LogP contribution is 2.56. The number of allylic oxidation sites excluding steroid dienone is 3. The highest BCUT2D eigenvalue weighted by molar-refractivity contribution is 5.71. The summed E-state index contributed by atoms with van der Waals surface area (Å²) >= 11 is 0. The van der Waals surface area contributed by atoms with Crippen molar-refractivity contribution in [3.63, 3.8) is 0 Å². The topological polar surface area (TPSA) is 67.8 Å². The van der Waals surface area contributed by atoms with Crippen molar-refractivity contribution in [1.82, 2.24) is 14.9 Å². The summed E-state index contributed by atoms with van der Waals surface area (Å²) in [7, 11) is 0. The number of ether oxygens (including phenoxy) is 2. The molecule has 0 N–H and O–H groups in total. The second-order valence-corrected chi connectivity index (χ2v) is 13.3. The Labute approximate surface area is 264 Å². The number of hydrogen-bond acceptors (Lipinski definition) is 6. The fraction of sp³-hybridized carbons (Fsp3) is 0.571. The Bertz CT molecular complexity index is 1420. The molecule has 2 aromatic rings. The predicted molar refractivity (Wildman–Crippen MR) is 168 cm³/mol. The van der Waals surface area contributed by atoms with Crippen molar-refractivity contribution in [1.29, 1.82) is 0 Å². The van der Waals surface area contributed by atoms with Gasteiger partial charge in [-0.15, -0.1) is 0 Å². The number of rotatable bonds is 9. The van der Waals surface area contributed by atoms with E-state index in [-0.39, 0.29) is 42.3 Å². The smallest absolute Gasteiger partial charge is 0.416 e. The van der Waals surface area contributed by atoms with E-state index in [1.165, 1.54) is 17.7 Å². The second kappa shape index (κ2) is 13.0. The zero-order valence-corrected chi connectivity index (χ0v) is 27.1. The first-order chi connectivity index (χ1) is 21.3. The largest absolute Gasteiger partial charge is 0.486 e. The Morgan fingerprint density at radius 3 is 2.47 bits per heavy atom. The number of piperidine rings is 1. The van der Waals surface area contributed by atoms with Gasteiger partial charge < -0.3 is 14.4 Å². The van der Waals surface area contributed by atoms with Crippen molar-refractivity contribution in [2.45, 2.75) is 110 Å². The van der Waals surface area contributed by atoms with Crippen LogP contribution >= 0.6 is 0 Å². The van der Waals surface area contributed by atoms with E-state index < -0.39 is 11.7 Å². The average Bonchev–Trinajstić information content (AvgIpc) is 3.61. The van der Waals surface area contributed by atoms with Crippen LogP contribution in [0.4, 0.5) is 23.9 Å². The second-order valence-electron chi connectivity index (χ2n) is 13.3. The Kier molecular flexibility index (Phi) is 9.52. The lowest BCUT2D eigenvalue weighted by Gasteiger charge is -2.49. The molecule has 1 aliphatic heterocycles. The van der Waals surface area contributed by atoms with Crippen LogP contribution in [0.3, 0.4) is 0 Å². The molecule has 1 amide bonds. The van der Waals surface area contributed by atoms with Gasteiger partial charge in [0.1, 0.15) is 6.61 Å². The summed E-state index contributed by atoms with van der Waals surface area (Å²) in [5.41, 5.74) is 1.22. The van der Waals surface area contributed by atoms with Gasteiger partial charge in [0, 0.05) is 18.6 Å². The number of aryl methyl sites for hydroxylation is 1. The molecule has 5 atom stereocenters. The summed E-state index contributed by atoms with van der Waals surface area (Å²) in [6.45, 7) is 12.4. The number of amides is 1. The number of likely N-dealkylation sites (tertiary alicyclic amines) is 1. The Morgan fingerprint density at radius 2 is 1.87 bits per heavy atom. The van der Waals surface area contributed by atoms with Crippen molar-refractivity contribution < 1.29 is 27.4 Å². The summed E-state index contributed by atoms with van der Waals surface area (Å²) in [4.78, 5) is 26.7. The molecule has 10 heteroatoms. The summed E-state index contributed by atoms with van der Waals surface area (Å²) in [5, 5.41) is 0. The van der Waals surface area contributed by atoms with Crippen LogP contribution in [0.25, 0.3) is 0 Å². The summed E-state index contributed by atoms with van der Waals surface area (Å²) in [5.74, 6) is 1.62. The van der Waals surface area contributed by atoms with Crippen LogP contribution in [-0.4, -0.2) is 51.3 Å². The molecule has 2 fully saturated rings. The molecule has 1 spiro atoms. The van der Waals surface area contributed by atoms with Gasteiger partial charge in [-0.2, -0.15) is 13.2 Å². The van der Waals surface area contributed by atoms with Crippen LogP contribution in [-0.2, 0) is 17.5 Å². The minimum atomic E-state index is -4.45. The standard InChI is InChI=1S/C35H45F3N4O3/c1-7-29-15-30(17-34(16-25(34)6)42(29)33(43)45-22(2)3)41(20-26-12-23(4)13-28(14-26)35(36,37)38)32-39-18-31(19-40-32)44-21-27-11-9-8-10-24(27)5/h8-9,11-14,18-19,22,24-25,29-30H,7,10,15-17,20-21H2,1-6H3/t24?,25-,29+,30-,34?/m1/s1. The zero-order chi connectivity index (χ0) is 32.5. The van der Waals surface area contributed by atoms with Crippen LogP contribution in [0.5, 0.6) is 5.75 Å². The number of hydrogen-bond donors (Lipinski definition) is 0. The normalized spacial score (nSPS) is 26.2. The van der Waals surface area contributed by atoms with E-state index in [1.807, 2.05) is 29.7 Å². The number of nitrogens with zero attached hydrogens (tertiary/aromatic N) is 4. The van der Waals surface area contributed by atoms with Crippen LogP contribution in [0.15, 0.2) is 54.4 Å². The molecule has 3 aliphatic rings. The number of halogens is 3. The number of anilines is 1. The minimum absolute atomic E-state index is 0.0897. The third-order valence-electron chi connectivity index (χ3n) is 9.50. The SMILES string of the molecule is CC[C@H]1C[C@@H](N(Cc2cc(C)cc(C(F)(F)F)c2)c2ncc(OCC3=CC=CCC3C)cn2)CC2(C[C@H]2C)N1C(=O)OC(C)C. The molecule has 1 saturated heterocycles. The quantitative estimate of drug-likeness (QED) is 0.279. The number of alkyl halides is 3. The maximum Gasteiger partial charge on any atom is 0.416 e. The van der Waals surface area contributed by atoms with Crippen molar-refractivity contribution in [3.8, 4) is 5.75 Å². The van der Waals surface area contributed by atoms with Gasteiger partial charge in [-0.05, 0) is 88.0 Å². The van der Waals surface area contributed by atoms with Crippen molar-refractivity contribution in [2.24, 2.45) is 11.8 Å². The fourth-order valence-electron chi connectivity index (χ4n) is 7.00. The Balaban J connectivity index is 1.45. The van der Waals surface area contributed by atoms with Gasteiger partial charge in [-0.1, -0.05) is 50.6 Å². The molecule has 5 rings (SSSR count). The van der Waals surface area contributed by atoms with Gasteiger partial charge in [0.15, 0.2) is 5.75 Å². The van der Waals surface area contributed by atoms with Gasteiger partial charge in [0.25, 0.3) is 0 Å². The van der Waals surface area contributed by atoms with Crippen LogP contribution in [0.2, 0.25) is 0 Å². The molecule has 7 nitrogen and oxygen atoms in total. The van der Waals surface area contributed by atoms with Gasteiger partial charge in [-0.3, -0.25) is 4.90 Å². The molecule has 2 aliphatic carbocycles. The molecule has 2 heterocycles. The first-order valence-corrected chi connectivity index (χ1v) is 16.1. The minimum Gasteiger partial charge on any atom is -0.486 e. The molecule has 0 bridgehead atoms. The van der Waals surface area contributed by atoms with Gasteiger partial charge in [-0.25, -0.2) is 14.8 Å². The molecule has 0 radical (unpaired) electrons. The monoisotopic (exact) mass is 626 g/mol. The van der Waals surface area contributed by atoms with E-state index in [2.05, 4.69) is 42.9 Å². The molecule has 1 saturated carbocycles. The molecule has 1 aromatic heterocycles. The first-order valence-electron chi connectivity index (χ1n) is 16.1. The van der Waals surface area contributed by atoms with E-state index in [0.29, 0.717) is 48.2 Å². The van der Waals surface area contributed by atoms with Gasteiger partial charge >= 0.3 is 12.3 Å². The molecule has 1 aromatic carbocycles. The van der Waals surface area contributed by atoms with Gasteiger partial charge in [0.05, 0.1) is 29.6 Å². The van der Waals surface area contributed by atoms with E-state index in [0.717, 1.165) is 19.3 Å². The molecule has 45 heavy (non-hydrogen) atoms. The van der Waals surface area contributed by atoms with Crippen LogP contribution in [0, 0.1) is 18.8 Å². The Hall–Kier alpha value is -3.56. The highest BCUT2D eigenvalue weighted by Gasteiger charge is 2.63. The number of aromatic nitrogens is 2. The lowest BCUT2D eigenvalue weighted by molar-refractivity contribution is -0.137. The van der Waals surface area contributed by atoms with E-state index in [1.54, 1.807) is 25.4 Å². The Morgan fingerprint density at radius 1 is 1.16 bits per heavy atom.